The van der Waals surface area contributed by atoms with Gasteiger partial charge in [-0.1, -0.05) is 27.7 Å². The van der Waals surface area contributed by atoms with Crippen LogP contribution in [0.4, 0.5) is 0 Å². The molecule has 2 atom stereocenters. The first-order valence-corrected chi connectivity index (χ1v) is 8.74. The van der Waals surface area contributed by atoms with Crippen molar-refractivity contribution in [3.05, 3.63) is 0 Å². The highest BCUT2D eigenvalue weighted by molar-refractivity contribution is 5.80. The van der Waals surface area contributed by atoms with Gasteiger partial charge >= 0.3 is 0 Å². The maximum atomic E-state index is 11.5. The number of rotatable bonds is 6. The van der Waals surface area contributed by atoms with Crippen LogP contribution in [0.3, 0.4) is 0 Å². The Morgan fingerprint density at radius 2 is 1.77 bits per heavy atom. The van der Waals surface area contributed by atoms with Crippen molar-refractivity contribution < 1.29 is 4.79 Å². The third kappa shape index (κ3) is 7.14. The molecule has 3 N–H and O–H groups in total. The lowest BCUT2D eigenvalue weighted by Gasteiger charge is -2.32. The summed E-state index contributed by atoms with van der Waals surface area (Å²) in [5.74, 6) is 2.53. The van der Waals surface area contributed by atoms with Gasteiger partial charge in [-0.05, 0) is 38.0 Å². The van der Waals surface area contributed by atoms with Gasteiger partial charge in [-0.2, -0.15) is 0 Å². The van der Waals surface area contributed by atoms with Crippen LogP contribution in [0.15, 0.2) is 4.99 Å². The lowest BCUT2D eigenvalue weighted by Crippen LogP contribution is -2.46. The first-order valence-electron chi connectivity index (χ1n) is 8.74. The molecule has 1 aliphatic carbocycles. The molecule has 0 aliphatic heterocycles. The van der Waals surface area contributed by atoms with Gasteiger partial charge in [0.1, 0.15) is 0 Å². The van der Waals surface area contributed by atoms with Gasteiger partial charge in [0.2, 0.25) is 5.91 Å². The van der Waals surface area contributed by atoms with E-state index in [2.05, 4.69) is 41.7 Å². The van der Waals surface area contributed by atoms with Crippen molar-refractivity contribution in [2.75, 3.05) is 19.6 Å². The Hall–Kier alpha value is -1.26. The predicted octanol–water partition coefficient (Wildman–Crippen LogP) is 2.14. The average molecular weight is 310 g/mol. The van der Waals surface area contributed by atoms with Gasteiger partial charge in [0.15, 0.2) is 5.96 Å². The second kappa shape index (κ2) is 9.70. The number of carbonyl (C=O) groups is 1. The van der Waals surface area contributed by atoms with Crippen molar-refractivity contribution in [3.8, 4) is 0 Å². The third-order valence-corrected chi connectivity index (χ3v) is 4.07. The Kier molecular flexibility index (Phi) is 8.28. The molecule has 5 heteroatoms. The fraction of sp³-hybridized carbons (Fsp3) is 0.882. The number of carbonyl (C=O) groups excluding carboxylic acids is 1. The van der Waals surface area contributed by atoms with Crippen LogP contribution in [0.25, 0.3) is 0 Å². The number of amides is 1. The number of hydrogen-bond acceptors (Lipinski definition) is 2. The van der Waals surface area contributed by atoms with Gasteiger partial charge in [-0.3, -0.25) is 9.79 Å². The van der Waals surface area contributed by atoms with Crippen LogP contribution in [0.2, 0.25) is 0 Å². The van der Waals surface area contributed by atoms with E-state index in [0.29, 0.717) is 19.1 Å². The number of guanidine groups is 1. The Labute approximate surface area is 135 Å². The Balaban J connectivity index is 2.43. The van der Waals surface area contributed by atoms with E-state index < -0.39 is 0 Å². The van der Waals surface area contributed by atoms with Crippen LogP contribution in [0.5, 0.6) is 0 Å². The molecule has 0 bridgehead atoms. The van der Waals surface area contributed by atoms with Gasteiger partial charge in [-0.25, -0.2) is 0 Å². The predicted molar refractivity (Wildman–Crippen MR) is 92.9 cm³/mol. The first kappa shape index (κ1) is 18.8. The van der Waals surface area contributed by atoms with Crippen LogP contribution in [0.1, 0.15) is 53.9 Å². The van der Waals surface area contributed by atoms with E-state index in [9.17, 15) is 4.79 Å². The van der Waals surface area contributed by atoms with E-state index in [1.54, 1.807) is 0 Å². The smallest absolute Gasteiger partial charge is 0.222 e. The van der Waals surface area contributed by atoms with E-state index in [0.717, 1.165) is 24.3 Å². The van der Waals surface area contributed by atoms with Crippen molar-refractivity contribution in [3.63, 3.8) is 0 Å². The highest BCUT2D eigenvalue weighted by atomic mass is 16.1. The van der Waals surface area contributed by atoms with Gasteiger partial charge in [0.05, 0.1) is 6.54 Å². The largest absolute Gasteiger partial charge is 0.357 e. The van der Waals surface area contributed by atoms with Crippen molar-refractivity contribution in [2.45, 2.75) is 59.9 Å². The zero-order valence-electron chi connectivity index (χ0n) is 14.9. The Morgan fingerprint density at radius 3 is 2.32 bits per heavy atom. The summed E-state index contributed by atoms with van der Waals surface area (Å²) in [5.41, 5.74) is 0. The van der Waals surface area contributed by atoms with Crippen LogP contribution in [-0.2, 0) is 4.79 Å². The number of nitrogens with one attached hydrogen (secondary N) is 3. The fourth-order valence-electron chi connectivity index (χ4n) is 3.13. The second-order valence-electron chi connectivity index (χ2n) is 6.97. The molecule has 1 aliphatic rings. The molecule has 0 radical (unpaired) electrons. The number of aliphatic imine (C=N–C) groups is 1. The third-order valence-electron chi connectivity index (χ3n) is 4.07. The normalized spacial score (nSPS) is 25.9. The summed E-state index contributed by atoms with van der Waals surface area (Å²) in [6.07, 6.45) is 3.74. The zero-order valence-corrected chi connectivity index (χ0v) is 14.9. The monoisotopic (exact) mass is 310 g/mol. The minimum Gasteiger partial charge on any atom is -0.357 e. The second-order valence-corrected chi connectivity index (χ2v) is 6.97. The van der Waals surface area contributed by atoms with Crippen LogP contribution in [0, 0.1) is 17.8 Å². The average Bonchev–Trinajstić information content (AvgIpc) is 2.42. The van der Waals surface area contributed by atoms with E-state index in [1.165, 1.54) is 19.3 Å². The minimum atomic E-state index is 0.0283. The van der Waals surface area contributed by atoms with Crippen molar-refractivity contribution in [1.82, 2.24) is 16.0 Å². The van der Waals surface area contributed by atoms with Crippen molar-refractivity contribution in [1.29, 1.82) is 0 Å². The SMILES string of the molecule is CCNC(=NCCNC(=O)C(C)C)NC1CC(C)CC(C)C1. The summed E-state index contributed by atoms with van der Waals surface area (Å²) >= 11 is 0. The summed E-state index contributed by atoms with van der Waals surface area (Å²) in [6.45, 7) is 12.6. The van der Waals surface area contributed by atoms with Crippen molar-refractivity contribution in [2.24, 2.45) is 22.7 Å². The highest BCUT2D eigenvalue weighted by Gasteiger charge is 2.24. The van der Waals surface area contributed by atoms with Gasteiger partial charge in [-0.15, -0.1) is 0 Å². The number of nitrogens with zero attached hydrogens (tertiary/aromatic N) is 1. The van der Waals surface area contributed by atoms with E-state index in [-0.39, 0.29) is 11.8 Å². The Bertz CT molecular complexity index is 358. The molecule has 0 heterocycles. The quantitative estimate of drug-likeness (QED) is 0.400. The van der Waals surface area contributed by atoms with Crippen LogP contribution >= 0.6 is 0 Å². The summed E-state index contributed by atoms with van der Waals surface area (Å²) in [5, 5.41) is 9.75. The van der Waals surface area contributed by atoms with E-state index in [4.69, 9.17) is 0 Å². The molecule has 1 rings (SSSR count). The fourth-order valence-corrected chi connectivity index (χ4v) is 3.13. The standard InChI is InChI=1S/C17H34N4O/c1-6-18-17(20-8-7-19-16(22)12(2)3)21-15-10-13(4)9-14(5)11-15/h12-15H,6-11H2,1-5H3,(H,19,22)(H2,18,20,21). The lowest BCUT2D eigenvalue weighted by molar-refractivity contribution is -0.123. The molecule has 128 valence electrons. The van der Waals surface area contributed by atoms with Crippen LogP contribution in [-0.4, -0.2) is 37.5 Å². The zero-order chi connectivity index (χ0) is 16.5. The lowest BCUT2D eigenvalue weighted by atomic mass is 9.80. The van der Waals surface area contributed by atoms with Crippen LogP contribution < -0.4 is 16.0 Å². The summed E-state index contributed by atoms with van der Waals surface area (Å²) < 4.78 is 0. The minimum absolute atomic E-state index is 0.0283. The molecule has 2 unspecified atom stereocenters. The molecule has 0 saturated heterocycles. The Morgan fingerprint density at radius 1 is 1.14 bits per heavy atom. The molecule has 1 fully saturated rings. The molecule has 0 spiro atoms. The molecule has 0 aromatic rings. The molecule has 1 saturated carbocycles. The maximum absolute atomic E-state index is 11.5. The molecule has 5 nitrogen and oxygen atoms in total. The van der Waals surface area contributed by atoms with Gasteiger partial charge < -0.3 is 16.0 Å². The maximum Gasteiger partial charge on any atom is 0.222 e. The first-order chi connectivity index (χ1) is 10.4. The molecular weight excluding hydrogens is 276 g/mol. The molecular formula is C17H34N4O. The summed E-state index contributed by atoms with van der Waals surface area (Å²) in [6, 6.07) is 0.502. The number of hydrogen-bond donors (Lipinski definition) is 3. The van der Waals surface area contributed by atoms with E-state index >= 15 is 0 Å². The van der Waals surface area contributed by atoms with Gasteiger partial charge in [0, 0.05) is 25.0 Å². The molecule has 0 aromatic heterocycles. The van der Waals surface area contributed by atoms with Crippen molar-refractivity contribution >= 4 is 11.9 Å². The highest BCUT2D eigenvalue weighted by Crippen LogP contribution is 2.28. The summed E-state index contributed by atoms with van der Waals surface area (Å²) in [7, 11) is 0. The van der Waals surface area contributed by atoms with E-state index in [1.807, 2.05) is 13.8 Å². The topological polar surface area (TPSA) is 65.5 Å². The summed E-state index contributed by atoms with van der Waals surface area (Å²) in [4.78, 5) is 16.1. The van der Waals surface area contributed by atoms with Gasteiger partial charge in [0.25, 0.3) is 0 Å². The molecule has 1 amide bonds. The molecule has 22 heavy (non-hydrogen) atoms. The molecule has 0 aromatic carbocycles.